The Labute approximate surface area is 122 Å². The van der Waals surface area contributed by atoms with Gasteiger partial charge in [0.15, 0.2) is 0 Å². The van der Waals surface area contributed by atoms with Crippen molar-refractivity contribution in [1.82, 2.24) is 10.2 Å². The van der Waals surface area contributed by atoms with Gasteiger partial charge in [0.2, 0.25) is 0 Å². The maximum atomic E-state index is 5.93. The maximum absolute atomic E-state index is 5.93. The first-order valence-corrected chi connectivity index (χ1v) is 7.39. The van der Waals surface area contributed by atoms with E-state index in [9.17, 15) is 0 Å². The molecule has 1 saturated heterocycles. The molecule has 1 aromatic rings. The highest BCUT2D eigenvalue weighted by Gasteiger charge is 2.27. The molecule has 1 aromatic carbocycles. The van der Waals surface area contributed by atoms with Crippen LogP contribution in [0.2, 0.25) is 0 Å². The summed E-state index contributed by atoms with van der Waals surface area (Å²) in [6.45, 7) is 5.49. The molecule has 0 spiro atoms. The van der Waals surface area contributed by atoms with Crippen molar-refractivity contribution in [3.8, 4) is 5.75 Å². The van der Waals surface area contributed by atoms with E-state index in [1.807, 2.05) is 25.2 Å². The minimum Gasteiger partial charge on any atom is -0.492 e. The number of nitrogens with zero attached hydrogens (tertiary/aromatic N) is 1. The lowest BCUT2D eigenvalue weighted by Crippen LogP contribution is -2.39. The first kappa shape index (κ1) is 15.3. The highest BCUT2D eigenvalue weighted by Crippen LogP contribution is 2.19. The first-order valence-electron chi connectivity index (χ1n) is 7.39. The van der Waals surface area contributed by atoms with Crippen LogP contribution in [0.5, 0.6) is 5.75 Å². The summed E-state index contributed by atoms with van der Waals surface area (Å²) in [7, 11) is 4.10. The van der Waals surface area contributed by atoms with Crippen molar-refractivity contribution in [2.45, 2.75) is 32.0 Å². The van der Waals surface area contributed by atoms with Crippen LogP contribution in [0.3, 0.4) is 0 Å². The first-order chi connectivity index (χ1) is 9.72. The normalized spacial score (nSPS) is 22.4. The predicted molar refractivity (Wildman–Crippen MR) is 81.1 cm³/mol. The Morgan fingerprint density at radius 2 is 2.20 bits per heavy atom. The van der Waals surface area contributed by atoms with Gasteiger partial charge in [0.05, 0.1) is 6.10 Å². The fourth-order valence-electron chi connectivity index (χ4n) is 2.75. The van der Waals surface area contributed by atoms with Gasteiger partial charge in [-0.1, -0.05) is 18.2 Å². The second kappa shape index (κ2) is 7.62. The van der Waals surface area contributed by atoms with Crippen molar-refractivity contribution in [3.63, 3.8) is 0 Å². The van der Waals surface area contributed by atoms with Gasteiger partial charge >= 0.3 is 0 Å². The molecular formula is C16H26N2O2. The third kappa shape index (κ3) is 3.95. The lowest BCUT2D eigenvalue weighted by Gasteiger charge is -2.26. The average Bonchev–Trinajstić information content (AvgIpc) is 2.87. The molecule has 4 heteroatoms. The third-order valence-corrected chi connectivity index (χ3v) is 3.94. The van der Waals surface area contributed by atoms with E-state index in [2.05, 4.69) is 30.3 Å². The number of para-hydroxylation sites is 1. The molecular weight excluding hydrogens is 252 g/mol. The minimum atomic E-state index is 0.330. The molecule has 0 aromatic heterocycles. The van der Waals surface area contributed by atoms with E-state index in [-0.39, 0.29) is 0 Å². The summed E-state index contributed by atoms with van der Waals surface area (Å²) in [4.78, 5) is 2.35. The monoisotopic (exact) mass is 278 g/mol. The van der Waals surface area contributed by atoms with Gasteiger partial charge in [-0.2, -0.15) is 0 Å². The molecule has 1 fully saturated rings. The third-order valence-electron chi connectivity index (χ3n) is 3.94. The zero-order chi connectivity index (χ0) is 14.4. The van der Waals surface area contributed by atoms with Crippen LogP contribution in [-0.4, -0.2) is 50.9 Å². The fourth-order valence-corrected chi connectivity index (χ4v) is 2.75. The van der Waals surface area contributed by atoms with E-state index in [1.165, 1.54) is 5.56 Å². The van der Waals surface area contributed by atoms with Crippen molar-refractivity contribution in [2.24, 2.45) is 0 Å². The van der Waals surface area contributed by atoms with E-state index >= 15 is 0 Å². The van der Waals surface area contributed by atoms with E-state index in [4.69, 9.17) is 9.47 Å². The zero-order valence-electron chi connectivity index (χ0n) is 12.8. The number of likely N-dealkylation sites (N-methyl/N-ethyl adjacent to an activating group) is 1. The van der Waals surface area contributed by atoms with Gasteiger partial charge in [-0.25, -0.2) is 0 Å². The number of rotatable bonds is 7. The number of benzene rings is 1. The number of hydrogen-bond donors (Lipinski definition) is 1. The van der Waals surface area contributed by atoms with Crippen molar-refractivity contribution < 1.29 is 9.47 Å². The van der Waals surface area contributed by atoms with Crippen molar-refractivity contribution in [3.05, 3.63) is 29.8 Å². The molecule has 0 bridgehead atoms. The van der Waals surface area contributed by atoms with Crippen LogP contribution >= 0.6 is 0 Å². The van der Waals surface area contributed by atoms with Crippen molar-refractivity contribution >= 4 is 0 Å². The molecule has 2 unspecified atom stereocenters. The Balaban J connectivity index is 1.80. The van der Waals surface area contributed by atoms with Crippen molar-refractivity contribution in [1.29, 1.82) is 0 Å². The molecule has 1 aliphatic rings. The summed E-state index contributed by atoms with van der Waals surface area (Å²) < 4.78 is 11.5. The lowest BCUT2D eigenvalue weighted by atomic mass is 10.1. The number of nitrogens with one attached hydrogen (secondary N) is 1. The van der Waals surface area contributed by atoms with Crippen LogP contribution in [0, 0.1) is 0 Å². The molecule has 1 heterocycles. The van der Waals surface area contributed by atoms with Gasteiger partial charge in [-0.05, 0) is 33.5 Å². The SMILES string of the molecule is CNCc1ccccc1OCCN(C)C1CCOC1C. The van der Waals surface area contributed by atoms with Crippen molar-refractivity contribution in [2.75, 3.05) is 33.9 Å². The molecule has 112 valence electrons. The van der Waals surface area contributed by atoms with E-state index in [1.54, 1.807) is 0 Å². The van der Waals surface area contributed by atoms with Crippen LogP contribution in [-0.2, 0) is 11.3 Å². The Kier molecular flexibility index (Phi) is 5.83. The molecule has 2 atom stereocenters. The van der Waals surface area contributed by atoms with E-state index in [0.29, 0.717) is 18.8 Å². The van der Waals surface area contributed by atoms with E-state index in [0.717, 1.165) is 31.9 Å². The highest BCUT2D eigenvalue weighted by molar-refractivity contribution is 5.33. The summed E-state index contributed by atoms with van der Waals surface area (Å²) >= 11 is 0. The summed E-state index contributed by atoms with van der Waals surface area (Å²) in [6, 6.07) is 8.72. The van der Waals surface area contributed by atoms with Gasteiger partial charge in [-0.3, -0.25) is 4.90 Å². The molecule has 4 nitrogen and oxygen atoms in total. The van der Waals surface area contributed by atoms with Crippen LogP contribution in [0.1, 0.15) is 18.9 Å². The summed E-state index contributed by atoms with van der Waals surface area (Å²) in [5, 5.41) is 3.17. The Morgan fingerprint density at radius 1 is 1.40 bits per heavy atom. The zero-order valence-corrected chi connectivity index (χ0v) is 12.8. The standard InChI is InChI=1S/C16H26N2O2/c1-13-15(8-10-19-13)18(3)9-11-20-16-7-5-4-6-14(16)12-17-2/h4-7,13,15,17H,8-12H2,1-3H3. The number of ether oxygens (including phenoxy) is 2. The molecule has 20 heavy (non-hydrogen) atoms. The topological polar surface area (TPSA) is 33.7 Å². The predicted octanol–water partition coefficient (Wildman–Crippen LogP) is 1.89. The molecule has 0 radical (unpaired) electrons. The summed E-state index contributed by atoms with van der Waals surface area (Å²) in [5.74, 6) is 0.978. The van der Waals surface area contributed by atoms with Crippen LogP contribution < -0.4 is 10.1 Å². The Morgan fingerprint density at radius 3 is 2.90 bits per heavy atom. The minimum absolute atomic E-state index is 0.330. The molecule has 0 saturated carbocycles. The van der Waals surface area contributed by atoms with Crippen LogP contribution in [0.15, 0.2) is 24.3 Å². The fraction of sp³-hybridized carbons (Fsp3) is 0.625. The molecule has 0 aliphatic carbocycles. The van der Waals surface area contributed by atoms with Crippen LogP contribution in [0.25, 0.3) is 0 Å². The smallest absolute Gasteiger partial charge is 0.123 e. The largest absolute Gasteiger partial charge is 0.492 e. The van der Waals surface area contributed by atoms with Gasteiger partial charge in [0, 0.05) is 31.3 Å². The highest BCUT2D eigenvalue weighted by atomic mass is 16.5. The second-order valence-electron chi connectivity index (χ2n) is 5.40. The van der Waals surface area contributed by atoms with Gasteiger partial charge in [0.25, 0.3) is 0 Å². The second-order valence-corrected chi connectivity index (χ2v) is 5.40. The average molecular weight is 278 g/mol. The Bertz CT molecular complexity index is 411. The molecule has 2 rings (SSSR count). The lowest BCUT2D eigenvalue weighted by molar-refractivity contribution is 0.0786. The number of hydrogen-bond acceptors (Lipinski definition) is 4. The van der Waals surface area contributed by atoms with Gasteiger partial charge < -0.3 is 14.8 Å². The Hall–Kier alpha value is -1.10. The maximum Gasteiger partial charge on any atom is 0.123 e. The molecule has 1 N–H and O–H groups in total. The van der Waals surface area contributed by atoms with Gasteiger partial charge in [-0.15, -0.1) is 0 Å². The quantitative estimate of drug-likeness (QED) is 0.826. The summed E-state index contributed by atoms with van der Waals surface area (Å²) in [6.07, 6.45) is 1.45. The van der Waals surface area contributed by atoms with Gasteiger partial charge in [0.1, 0.15) is 12.4 Å². The van der Waals surface area contributed by atoms with E-state index < -0.39 is 0 Å². The molecule has 1 aliphatic heterocycles. The molecule has 0 amide bonds. The van der Waals surface area contributed by atoms with Crippen LogP contribution in [0.4, 0.5) is 0 Å². The summed E-state index contributed by atoms with van der Waals surface area (Å²) in [5.41, 5.74) is 1.20.